The van der Waals surface area contributed by atoms with Gasteiger partial charge >= 0.3 is 18.2 Å². The highest BCUT2D eigenvalue weighted by molar-refractivity contribution is 9.10. The maximum Gasteiger partial charge on any atom is 0.435 e. The second-order valence-electron chi connectivity index (χ2n) is 21.4. The fourth-order valence-corrected chi connectivity index (χ4v) is 9.68. The highest BCUT2D eigenvalue weighted by Crippen LogP contribution is 2.29. The second kappa shape index (κ2) is 30.2. The molecule has 27 heteroatoms. The summed E-state index contributed by atoms with van der Waals surface area (Å²) >= 11 is 13.8. The van der Waals surface area contributed by atoms with Crippen LogP contribution in [0, 0.1) is 13.8 Å². The zero-order valence-electron chi connectivity index (χ0n) is 49.4. The number of nitrogens with two attached hydrogens (primary N) is 2. The number of halogens is 3. The number of aryl methyl sites for hydroxylation is 2. The molecule has 11 aromatic rings. The van der Waals surface area contributed by atoms with Gasteiger partial charge in [-0.05, 0) is 164 Å². The lowest BCUT2D eigenvalue weighted by Gasteiger charge is -2.19. The maximum atomic E-state index is 12.2. The highest BCUT2D eigenvalue weighted by Gasteiger charge is 2.22. The van der Waals surface area contributed by atoms with Crippen LogP contribution in [0.4, 0.5) is 38.3 Å². The molecule has 4 aromatic carbocycles. The normalized spacial score (nSPS) is 12.6. The number of ether oxygens (including phenoxy) is 3. The molecule has 88 heavy (non-hydrogen) atoms. The number of aromatic amines is 1. The van der Waals surface area contributed by atoms with Gasteiger partial charge in [0.05, 0.1) is 53.8 Å². The van der Waals surface area contributed by atoms with E-state index in [4.69, 9.17) is 42.4 Å². The first-order chi connectivity index (χ1) is 41.7. The van der Waals surface area contributed by atoms with Crippen molar-refractivity contribution in [3.05, 3.63) is 170 Å². The Morgan fingerprint density at radius 1 is 0.727 bits per heavy atom. The summed E-state index contributed by atoms with van der Waals surface area (Å²) in [5.41, 5.74) is 15.8. The van der Waals surface area contributed by atoms with E-state index in [0.29, 0.717) is 45.0 Å². The van der Waals surface area contributed by atoms with Gasteiger partial charge in [0.2, 0.25) is 5.28 Å². The van der Waals surface area contributed by atoms with Crippen molar-refractivity contribution < 1.29 is 38.5 Å². The summed E-state index contributed by atoms with van der Waals surface area (Å²) in [4.78, 5) is 66.0. The van der Waals surface area contributed by atoms with Gasteiger partial charge in [-0.3, -0.25) is 4.79 Å². The number of anilines is 5. The number of hydrogen-bond acceptors (Lipinski definition) is 20. The minimum absolute atomic E-state index is 0.0623. The van der Waals surface area contributed by atoms with Gasteiger partial charge in [0.15, 0.2) is 5.78 Å². The number of nitrogens with zero attached hydrogens (tertiary/aromatic N) is 10. The summed E-state index contributed by atoms with van der Waals surface area (Å²) in [6.45, 7) is 17.9. The number of nitrogens with one attached hydrogen (secondary N) is 3. The molecule has 8 N–H and O–H groups in total. The van der Waals surface area contributed by atoms with E-state index in [1.807, 2.05) is 128 Å². The number of aromatic nitrogens is 11. The summed E-state index contributed by atoms with van der Waals surface area (Å²) in [6, 6.07) is 30.0. The predicted octanol–water partition coefficient (Wildman–Crippen LogP) is 14.3. The van der Waals surface area contributed by atoms with Crippen LogP contribution in [0.1, 0.15) is 86.4 Å². The summed E-state index contributed by atoms with van der Waals surface area (Å²) < 4.78 is 21.1. The number of nitrogen functional groups attached to an aromatic ring is 1. The number of H-pyrrole nitrogens is 1. The molecule has 458 valence electrons. The first-order valence-corrected chi connectivity index (χ1v) is 29.8. The first-order valence-electron chi connectivity index (χ1n) is 27.0. The fourth-order valence-electron chi connectivity index (χ4n) is 7.72. The van der Waals surface area contributed by atoms with Gasteiger partial charge in [0.1, 0.15) is 33.5 Å². The van der Waals surface area contributed by atoms with Crippen molar-refractivity contribution in [2.75, 3.05) is 29.6 Å². The topological polar surface area (TPSA) is 321 Å². The van der Waals surface area contributed by atoms with Crippen LogP contribution in [0.15, 0.2) is 143 Å². The van der Waals surface area contributed by atoms with Crippen LogP contribution < -0.4 is 22.1 Å². The molecule has 0 bridgehead atoms. The Morgan fingerprint density at radius 2 is 1.34 bits per heavy atom. The van der Waals surface area contributed by atoms with Crippen molar-refractivity contribution in [2.24, 2.45) is 5.73 Å². The number of thiophene rings is 1. The molecular formula is C61H64Br2ClN15O8S. The number of benzene rings is 4. The van der Waals surface area contributed by atoms with E-state index in [9.17, 15) is 19.2 Å². The Hall–Kier alpha value is -8.79. The molecule has 1 aliphatic rings. The summed E-state index contributed by atoms with van der Waals surface area (Å²) in [5.74, 6) is 1.23. The first kappa shape index (κ1) is 66.7. The molecule has 0 amide bonds. The van der Waals surface area contributed by atoms with E-state index in [1.165, 1.54) is 26.9 Å². The van der Waals surface area contributed by atoms with Crippen molar-refractivity contribution in [2.45, 2.75) is 86.0 Å². The minimum Gasteiger partial charge on any atom is -0.477 e. The molecule has 1 fully saturated rings. The molecular weight excluding hydrogens is 1300 g/mol. The van der Waals surface area contributed by atoms with Gasteiger partial charge in [-0.1, -0.05) is 44.0 Å². The molecule has 1 atom stereocenters. The quantitative estimate of drug-likeness (QED) is 0.0665. The molecule has 1 aliphatic heterocycles. The molecule has 0 saturated carbocycles. The van der Waals surface area contributed by atoms with Crippen LogP contribution in [0.3, 0.4) is 0 Å². The summed E-state index contributed by atoms with van der Waals surface area (Å²) in [7, 11) is 0. The zero-order valence-corrected chi connectivity index (χ0v) is 54.1. The number of ketones is 1. The van der Waals surface area contributed by atoms with Crippen LogP contribution in [-0.2, 0) is 14.2 Å². The number of fused-ring (bicyclic) bond motifs is 4. The monoisotopic (exact) mass is 1360 g/mol. The number of rotatable bonds is 6. The third-order valence-corrected chi connectivity index (χ3v) is 14.0. The van der Waals surface area contributed by atoms with E-state index in [0.717, 1.165) is 83.1 Å². The van der Waals surface area contributed by atoms with E-state index >= 15 is 0 Å². The average Bonchev–Trinajstić information content (AvgIpc) is 4.40. The van der Waals surface area contributed by atoms with Gasteiger partial charge < -0.3 is 46.4 Å². The lowest BCUT2D eigenvalue weighted by molar-refractivity contribution is 0.0511. The van der Waals surface area contributed by atoms with Crippen LogP contribution >= 0.6 is 54.8 Å². The largest absolute Gasteiger partial charge is 0.477 e. The maximum absolute atomic E-state index is 12.2. The minimum atomic E-state index is -0.864. The van der Waals surface area contributed by atoms with Gasteiger partial charge in [-0.2, -0.15) is 29.8 Å². The smallest absolute Gasteiger partial charge is 0.435 e. The van der Waals surface area contributed by atoms with E-state index in [-0.39, 0.29) is 11.1 Å². The molecule has 12 rings (SSSR count). The van der Waals surface area contributed by atoms with E-state index in [1.54, 1.807) is 62.2 Å². The van der Waals surface area contributed by atoms with E-state index < -0.39 is 29.4 Å². The van der Waals surface area contributed by atoms with Gasteiger partial charge in [-0.15, -0.1) is 11.3 Å². The van der Waals surface area contributed by atoms with Crippen molar-refractivity contribution in [1.29, 1.82) is 0 Å². The molecule has 0 radical (unpaired) electrons. The molecule has 23 nitrogen and oxygen atoms in total. The molecule has 8 heterocycles. The Balaban J connectivity index is 0.000000161. The molecule has 0 aliphatic carbocycles. The number of carbonyl (C=O) groups excluding carboxylic acids is 3. The number of Topliss-reactive ketones (excluding diaryl/α,β-unsaturated/α-hetero) is 1. The summed E-state index contributed by atoms with van der Waals surface area (Å²) in [6.07, 6.45) is 9.68. The van der Waals surface area contributed by atoms with Gasteiger partial charge in [0, 0.05) is 84.2 Å². The predicted molar refractivity (Wildman–Crippen MR) is 350 cm³/mol. The van der Waals surface area contributed by atoms with Crippen LogP contribution in [0.5, 0.6) is 0 Å². The molecule has 1 saturated heterocycles. The third-order valence-electron chi connectivity index (χ3n) is 11.8. The zero-order chi connectivity index (χ0) is 63.9. The molecule has 7 aromatic heterocycles. The number of aromatic carboxylic acids is 1. The third kappa shape index (κ3) is 20.1. The fraction of sp³-hybridized carbons (Fsp3) is 0.246. The van der Waals surface area contributed by atoms with Gasteiger partial charge in [0.25, 0.3) is 0 Å². The lowest BCUT2D eigenvalue weighted by atomic mass is 10.2. The van der Waals surface area contributed by atoms with Crippen LogP contribution in [0.25, 0.3) is 42.8 Å². The van der Waals surface area contributed by atoms with Crippen LogP contribution in [-0.4, -0.2) is 114 Å². The number of hydrogen-bond donors (Lipinski definition) is 6. The van der Waals surface area contributed by atoms with Crippen LogP contribution in [0.2, 0.25) is 5.28 Å². The standard InChI is InChI=1S/C18H21N5O2.C16H16ClN5O2.C10H8BrNO.C9H5BrO2S.C4H5N3.C4H9NO/c1-11-9-19-12(2)21-16(11)22-14-6-7-15-13(8-14)10-20-23(15)17(24)25-18(3,4)5;1-16(2,3)24-15(23)22-12-5-4-11(8-10(12)9-19-22)20-13-6-7-18-14(17)21-13;1-6(13)9-4-7-2-3-8(11)5-10(7)12-9;10-6-2-1-5-3-8(9(11)12)13-7(5)4-6;5-4-1-2-6-7-3-4;5-4-1-2-6-3-4/h6-10H,1-5H3,(H,19,21,22);4-9H,1-3H3,(H,18,20,21);2-5,12H,1H3;1-4H,(H,11,12);1-3H,(H2,5,6);4H,1-3,5H2. The Bertz CT molecular complexity index is 4130. The molecule has 1 unspecified atom stereocenters. The number of carboxylic acids is 1. The number of carbonyl (C=O) groups is 4. The Morgan fingerprint density at radius 3 is 1.85 bits per heavy atom. The lowest BCUT2D eigenvalue weighted by Crippen LogP contribution is -2.27. The average molecular weight is 1360 g/mol. The number of carboxylic acid groups (broad SMARTS) is 1. The summed E-state index contributed by atoms with van der Waals surface area (Å²) in [5, 5.41) is 34.3. The SMILES string of the molecule is CC(=O)c1cc2ccc(Br)cc2[nH]1.CC(C)(C)OC(=O)n1ncc2cc(Nc3ccnc(Cl)n3)ccc21.Cc1ncc(C)c(Nc2ccc3c(cnn3C(=O)OC(C)(C)C)c2)n1.NC1CCOC1.Nc1ccnnc1.O=C(O)c1cc2ccc(Br)cc2s1. The van der Waals surface area contributed by atoms with Crippen molar-refractivity contribution in [3.63, 3.8) is 0 Å². The second-order valence-corrected chi connectivity index (χ2v) is 24.7. The van der Waals surface area contributed by atoms with Crippen molar-refractivity contribution in [1.82, 2.24) is 54.7 Å². The molecule has 0 spiro atoms. The van der Waals surface area contributed by atoms with Crippen molar-refractivity contribution >= 4 is 150 Å². The highest BCUT2D eigenvalue weighted by atomic mass is 79.9. The van der Waals surface area contributed by atoms with Crippen molar-refractivity contribution in [3.8, 4) is 0 Å². The van der Waals surface area contributed by atoms with Gasteiger partial charge in [-0.25, -0.2) is 34.3 Å². The van der Waals surface area contributed by atoms with E-state index in [2.05, 4.69) is 87.8 Å². The Labute approximate surface area is 531 Å². The Kier molecular flexibility index (Phi) is 22.9.